The first kappa shape index (κ1) is 26.2. The van der Waals surface area contributed by atoms with Crippen molar-refractivity contribution in [1.29, 1.82) is 0 Å². The van der Waals surface area contributed by atoms with Crippen LogP contribution in [0.1, 0.15) is 59.1 Å². The van der Waals surface area contributed by atoms with Crippen LogP contribution < -0.4 is 10.7 Å². The van der Waals surface area contributed by atoms with Gasteiger partial charge in [0.2, 0.25) is 5.43 Å². The minimum absolute atomic E-state index is 0.0874. The Kier molecular flexibility index (Phi) is 7.23. The van der Waals surface area contributed by atoms with E-state index >= 15 is 0 Å². The van der Waals surface area contributed by atoms with Crippen LogP contribution in [0, 0.1) is 17.5 Å². The number of amides is 2. The molecule has 4 rings (SSSR count). The molecule has 2 amide bonds. The SMILES string of the molecule is C/C(CF)=N\OC1CCC(C)N2C[C@H]1n1cc(C(=O)NCc3c(F)cc(F)cc3F)c(=O)c(O)c1C2=O. The van der Waals surface area contributed by atoms with Crippen molar-refractivity contribution in [3.63, 3.8) is 0 Å². The number of nitrogens with zero attached hydrogens (tertiary/aromatic N) is 3. The molecule has 2 aromatic rings. The molecule has 37 heavy (non-hydrogen) atoms. The lowest BCUT2D eigenvalue weighted by molar-refractivity contribution is 0.00741. The Hall–Kier alpha value is -3.90. The molecule has 2 N–H and O–H groups in total. The molecular formula is C24H24F4N4O5. The van der Waals surface area contributed by atoms with Gasteiger partial charge in [-0.15, -0.1) is 0 Å². The number of rotatable bonds is 6. The number of nitrogens with one attached hydrogen (secondary N) is 1. The molecule has 1 fully saturated rings. The second-order valence-electron chi connectivity index (χ2n) is 9.06. The summed E-state index contributed by atoms with van der Waals surface area (Å²) in [6.07, 6.45) is 1.28. The summed E-state index contributed by atoms with van der Waals surface area (Å²) in [5, 5.41) is 16.6. The van der Waals surface area contributed by atoms with Crippen molar-refractivity contribution in [2.45, 2.75) is 51.4 Å². The number of pyridine rings is 1. The Morgan fingerprint density at radius 2 is 1.89 bits per heavy atom. The summed E-state index contributed by atoms with van der Waals surface area (Å²) in [4.78, 5) is 45.9. The van der Waals surface area contributed by atoms with Crippen molar-refractivity contribution >= 4 is 17.5 Å². The average Bonchev–Trinajstić information content (AvgIpc) is 2.99. The topological polar surface area (TPSA) is 113 Å². The third-order valence-corrected chi connectivity index (χ3v) is 6.56. The van der Waals surface area contributed by atoms with E-state index in [4.69, 9.17) is 4.84 Å². The highest BCUT2D eigenvalue weighted by molar-refractivity contribution is 5.99. The van der Waals surface area contributed by atoms with Gasteiger partial charge in [-0.1, -0.05) is 5.16 Å². The van der Waals surface area contributed by atoms with E-state index in [1.54, 1.807) is 6.92 Å². The Balaban J connectivity index is 1.72. The molecule has 2 unspecified atom stereocenters. The first-order valence-electron chi connectivity index (χ1n) is 11.5. The molecule has 1 saturated heterocycles. The van der Waals surface area contributed by atoms with E-state index in [1.165, 1.54) is 16.4 Å². The number of alkyl halides is 1. The molecule has 1 aromatic heterocycles. The zero-order valence-corrected chi connectivity index (χ0v) is 19.9. The summed E-state index contributed by atoms with van der Waals surface area (Å²) in [6, 6.07) is -0.0654. The number of halogens is 4. The predicted molar refractivity (Wildman–Crippen MR) is 123 cm³/mol. The number of carbonyl (C=O) groups excluding carboxylic acids is 2. The minimum Gasteiger partial charge on any atom is -0.503 e. The maximum atomic E-state index is 14.0. The maximum absolute atomic E-state index is 14.0. The monoisotopic (exact) mass is 524 g/mol. The van der Waals surface area contributed by atoms with Gasteiger partial charge in [0, 0.05) is 43.0 Å². The van der Waals surface area contributed by atoms with Crippen LogP contribution in [-0.2, 0) is 11.4 Å². The normalized spacial score (nSPS) is 21.4. The highest BCUT2D eigenvalue weighted by Gasteiger charge is 2.43. The average molecular weight is 524 g/mol. The van der Waals surface area contributed by atoms with Gasteiger partial charge < -0.3 is 24.7 Å². The fourth-order valence-corrected chi connectivity index (χ4v) is 4.50. The molecule has 2 bridgehead atoms. The number of hydrogen-bond donors (Lipinski definition) is 2. The van der Waals surface area contributed by atoms with E-state index in [0.29, 0.717) is 25.0 Å². The smallest absolute Gasteiger partial charge is 0.274 e. The summed E-state index contributed by atoms with van der Waals surface area (Å²) in [7, 11) is 0. The molecule has 0 spiro atoms. The number of aromatic nitrogens is 1. The Bertz CT molecular complexity index is 1320. The number of hydrogen-bond acceptors (Lipinski definition) is 6. The minimum atomic E-state index is -1.23. The van der Waals surface area contributed by atoms with Crippen LogP contribution in [-0.4, -0.2) is 57.5 Å². The number of benzene rings is 1. The molecule has 0 aliphatic carbocycles. The first-order valence-corrected chi connectivity index (χ1v) is 11.5. The Labute approximate surface area is 208 Å². The quantitative estimate of drug-likeness (QED) is 0.343. The van der Waals surface area contributed by atoms with Gasteiger partial charge >= 0.3 is 0 Å². The van der Waals surface area contributed by atoms with Crippen LogP contribution in [0.3, 0.4) is 0 Å². The van der Waals surface area contributed by atoms with Gasteiger partial charge in [-0.05, 0) is 26.7 Å². The fraction of sp³-hybridized carbons (Fsp3) is 0.417. The van der Waals surface area contributed by atoms with Crippen molar-refractivity contribution in [1.82, 2.24) is 14.8 Å². The van der Waals surface area contributed by atoms with E-state index in [0.717, 1.165) is 6.20 Å². The fourth-order valence-electron chi connectivity index (χ4n) is 4.50. The van der Waals surface area contributed by atoms with Crippen molar-refractivity contribution in [3.8, 4) is 5.75 Å². The van der Waals surface area contributed by atoms with Crippen molar-refractivity contribution in [2.75, 3.05) is 13.2 Å². The molecule has 0 saturated carbocycles. The molecule has 2 aliphatic rings. The van der Waals surface area contributed by atoms with Crippen molar-refractivity contribution in [2.24, 2.45) is 5.16 Å². The summed E-state index contributed by atoms with van der Waals surface area (Å²) >= 11 is 0. The second-order valence-corrected chi connectivity index (χ2v) is 9.06. The second kappa shape index (κ2) is 10.2. The zero-order chi connectivity index (χ0) is 27.0. The van der Waals surface area contributed by atoms with Gasteiger partial charge in [0.1, 0.15) is 35.8 Å². The van der Waals surface area contributed by atoms with E-state index in [1.807, 2.05) is 0 Å². The van der Waals surface area contributed by atoms with Gasteiger partial charge in [-0.3, -0.25) is 14.4 Å². The van der Waals surface area contributed by atoms with Crippen molar-refractivity contribution in [3.05, 3.63) is 62.8 Å². The molecule has 13 heteroatoms. The van der Waals surface area contributed by atoms with Crippen LogP contribution in [0.2, 0.25) is 0 Å². The molecule has 9 nitrogen and oxygen atoms in total. The largest absolute Gasteiger partial charge is 0.503 e. The number of oxime groups is 1. The summed E-state index contributed by atoms with van der Waals surface area (Å²) < 4.78 is 55.2. The first-order chi connectivity index (χ1) is 17.5. The highest BCUT2D eigenvalue weighted by atomic mass is 19.1. The molecule has 3 heterocycles. The lowest BCUT2D eigenvalue weighted by Gasteiger charge is -2.38. The molecule has 2 aliphatic heterocycles. The van der Waals surface area contributed by atoms with Crippen molar-refractivity contribution < 1.29 is 37.1 Å². The summed E-state index contributed by atoms with van der Waals surface area (Å²) in [6.45, 7) is 1.80. The van der Waals surface area contributed by atoms with Gasteiger partial charge in [-0.2, -0.15) is 0 Å². The van der Waals surface area contributed by atoms with E-state index in [9.17, 15) is 37.1 Å². The lowest BCUT2D eigenvalue weighted by atomic mass is 10.0. The standard InChI is InChI=1S/C24H24F4N4O5/c1-11(7-25)30-37-19-4-3-12(2)31-10-18(19)32-9-15(21(33)22(34)20(32)24(31)36)23(35)29-8-14-16(27)5-13(26)6-17(14)28/h5-6,9,12,18-19,34H,3-4,7-8,10H2,1-2H3,(H,29,35)/b30-11+/t12?,18-,19?/m1/s1. The zero-order valence-electron chi connectivity index (χ0n) is 19.9. The van der Waals surface area contributed by atoms with Gasteiger partial charge in [0.25, 0.3) is 11.8 Å². The molecule has 1 aromatic carbocycles. The van der Waals surface area contributed by atoms with Gasteiger partial charge in [0.05, 0.1) is 11.8 Å². The number of aromatic hydroxyl groups is 1. The van der Waals surface area contributed by atoms with E-state index in [-0.39, 0.29) is 24.0 Å². The third kappa shape index (κ3) is 4.89. The maximum Gasteiger partial charge on any atom is 0.274 e. The summed E-state index contributed by atoms with van der Waals surface area (Å²) in [5.74, 6) is -6.27. The summed E-state index contributed by atoms with van der Waals surface area (Å²) in [5.41, 5.74) is -2.64. The molecule has 198 valence electrons. The number of carbonyl (C=O) groups is 2. The molecule has 3 atom stereocenters. The lowest BCUT2D eigenvalue weighted by Crippen LogP contribution is -2.49. The number of fused-ring (bicyclic) bond motifs is 4. The van der Waals surface area contributed by atoms with Crippen LogP contribution >= 0.6 is 0 Å². The van der Waals surface area contributed by atoms with Crippen LogP contribution in [0.15, 0.2) is 28.3 Å². The Morgan fingerprint density at radius 1 is 1.22 bits per heavy atom. The van der Waals surface area contributed by atoms with E-state index in [2.05, 4.69) is 10.5 Å². The molecular weight excluding hydrogens is 500 g/mol. The van der Waals surface area contributed by atoms with Crippen LogP contribution in [0.25, 0.3) is 0 Å². The van der Waals surface area contributed by atoms with Crippen LogP contribution in [0.5, 0.6) is 5.75 Å². The van der Waals surface area contributed by atoms with E-state index < -0.39 is 76.9 Å². The van der Waals surface area contributed by atoms with Crippen LogP contribution in [0.4, 0.5) is 17.6 Å². The predicted octanol–water partition coefficient (Wildman–Crippen LogP) is 2.81. The Morgan fingerprint density at radius 3 is 2.54 bits per heavy atom. The van der Waals surface area contributed by atoms with Gasteiger partial charge in [-0.25, -0.2) is 17.6 Å². The third-order valence-electron chi connectivity index (χ3n) is 6.56. The molecule has 0 radical (unpaired) electrons. The highest BCUT2D eigenvalue weighted by Crippen LogP contribution is 2.36. The van der Waals surface area contributed by atoms with Gasteiger partial charge in [0.15, 0.2) is 11.4 Å².